The fourth-order valence-electron chi connectivity index (χ4n) is 5.50. The lowest BCUT2D eigenvalue weighted by Crippen LogP contribution is -2.37. The number of rotatable bonds is 2. The van der Waals surface area contributed by atoms with Gasteiger partial charge in [0, 0.05) is 30.1 Å². The van der Waals surface area contributed by atoms with Crippen LogP contribution in [0.2, 0.25) is 0 Å². The summed E-state index contributed by atoms with van der Waals surface area (Å²) in [7, 11) is 0. The van der Waals surface area contributed by atoms with E-state index in [0.29, 0.717) is 29.7 Å². The molecule has 0 bridgehead atoms. The van der Waals surface area contributed by atoms with Gasteiger partial charge in [0.05, 0.1) is 0 Å². The van der Waals surface area contributed by atoms with Crippen LogP contribution in [0.25, 0.3) is 0 Å². The van der Waals surface area contributed by atoms with E-state index in [1.165, 1.54) is 16.8 Å². The minimum atomic E-state index is 0.582. The molecule has 0 N–H and O–H groups in total. The Morgan fingerprint density at radius 1 is 0.920 bits per heavy atom. The highest BCUT2D eigenvalue weighted by atomic mass is 15.2. The number of benzene rings is 2. The second-order valence-corrected chi connectivity index (χ2v) is 7.98. The third-order valence-corrected chi connectivity index (χ3v) is 6.57. The van der Waals surface area contributed by atoms with Crippen molar-refractivity contribution in [1.29, 1.82) is 0 Å². The summed E-state index contributed by atoms with van der Waals surface area (Å²) in [5.74, 6) is 2.63. The van der Waals surface area contributed by atoms with Gasteiger partial charge in [-0.05, 0) is 36.0 Å². The van der Waals surface area contributed by atoms with Gasteiger partial charge in [-0.2, -0.15) is 0 Å². The van der Waals surface area contributed by atoms with Crippen molar-refractivity contribution >= 4 is 5.69 Å². The lowest BCUT2D eigenvalue weighted by atomic mass is 9.83. The largest absolute Gasteiger partial charge is 0.363 e. The smallest absolute Gasteiger partial charge is 0.0434 e. The molecule has 1 fully saturated rings. The highest BCUT2D eigenvalue weighted by molar-refractivity contribution is 5.65. The Kier molecular flexibility index (Phi) is 3.38. The Bertz CT molecular complexity index is 848. The predicted molar refractivity (Wildman–Crippen MR) is 105 cm³/mol. The van der Waals surface area contributed by atoms with Gasteiger partial charge in [-0.15, -0.1) is 0 Å². The van der Waals surface area contributed by atoms with Crippen LogP contribution in [0, 0.1) is 24.7 Å². The Balaban J connectivity index is 1.62. The van der Waals surface area contributed by atoms with Crippen LogP contribution < -0.4 is 4.90 Å². The van der Waals surface area contributed by atoms with Crippen LogP contribution >= 0.6 is 0 Å². The minimum absolute atomic E-state index is 0.582. The number of aryl methyl sites for hydroxylation is 1. The molecule has 1 aliphatic heterocycles. The highest BCUT2D eigenvalue weighted by Gasteiger charge is 2.54. The average Bonchev–Trinajstić information content (AvgIpc) is 3.10. The molecule has 0 amide bonds. The van der Waals surface area contributed by atoms with Crippen molar-refractivity contribution in [3.05, 3.63) is 89.5 Å². The van der Waals surface area contributed by atoms with Gasteiger partial charge in [0.15, 0.2) is 0 Å². The Morgan fingerprint density at radius 3 is 2.48 bits per heavy atom. The van der Waals surface area contributed by atoms with Gasteiger partial charge in [0.2, 0.25) is 0 Å². The monoisotopic (exact) mass is 327 g/mol. The molecule has 5 rings (SSSR count). The third kappa shape index (κ3) is 2.22. The maximum Gasteiger partial charge on any atom is 0.0434 e. The van der Waals surface area contributed by atoms with Crippen molar-refractivity contribution in [1.82, 2.24) is 0 Å². The van der Waals surface area contributed by atoms with E-state index in [-0.39, 0.29) is 0 Å². The van der Waals surface area contributed by atoms with Crippen molar-refractivity contribution < 1.29 is 0 Å². The summed E-state index contributed by atoms with van der Waals surface area (Å²) >= 11 is 0. The zero-order chi connectivity index (χ0) is 17.0. The van der Waals surface area contributed by atoms with Crippen molar-refractivity contribution in [2.24, 2.45) is 17.8 Å². The number of hydrogen-bond acceptors (Lipinski definition) is 1. The highest BCUT2D eigenvalue weighted by Crippen LogP contribution is 2.58. The van der Waals surface area contributed by atoms with E-state index in [0.717, 1.165) is 6.54 Å². The first kappa shape index (κ1) is 15.0. The summed E-state index contributed by atoms with van der Waals surface area (Å²) in [5.41, 5.74) is 5.82. The number of fused-ring (bicyclic) bond motifs is 5. The summed E-state index contributed by atoms with van der Waals surface area (Å²) in [6.45, 7) is 5.69. The van der Waals surface area contributed by atoms with Gasteiger partial charge in [0.25, 0.3) is 0 Å². The van der Waals surface area contributed by atoms with Crippen LogP contribution in [-0.2, 0) is 6.54 Å². The maximum absolute atomic E-state index is 2.69. The van der Waals surface area contributed by atoms with Crippen LogP contribution in [-0.4, -0.2) is 6.04 Å². The zero-order valence-corrected chi connectivity index (χ0v) is 15.0. The summed E-state index contributed by atoms with van der Waals surface area (Å²) < 4.78 is 0. The zero-order valence-electron chi connectivity index (χ0n) is 15.0. The lowest BCUT2D eigenvalue weighted by molar-refractivity contribution is 0.427. The molecule has 0 radical (unpaired) electrons. The van der Waals surface area contributed by atoms with Gasteiger partial charge in [0.1, 0.15) is 0 Å². The van der Waals surface area contributed by atoms with Crippen molar-refractivity contribution in [2.75, 3.05) is 4.90 Å². The topological polar surface area (TPSA) is 3.24 Å². The molecule has 2 aromatic carbocycles. The Morgan fingerprint density at radius 2 is 1.68 bits per heavy atom. The van der Waals surface area contributed by atoms with E-state index in [9.17, 15) is 0 Å². The molecule has 1 nitrogen and oxygen atoms in total. The summed E-state index contributed by atoms with van der Waals surface area (Å²) in [4.78, 5) is 2.69. The average molecular weight is 327 g/mol. The van der Waals surface area contributed by atoms with Gasteiger partial charge in [-0.1, -0.05) is 79.3 Å². The normalized spacial score (nSPS) is 31.8. The van der Waals surface area contributed by atoms with Gasteiger partial charge in [-0.25, -0.2) is 0 Å². The van der Waals surface area contributed by atoms with E-state index in [4.69, 9.17) is 0 Å². The van der Waals surface area contributed by atoms with Crippen molar-refractivity contribution in [3.63, 3.8) is 0 Å². The SMILES string of the molecule is Cc1ccc2c(c1)C1C(C)C3C=CC=CC3C1N2Cc1ccccc1. The molecule has 1 heteroatoms. The number of anilines is 1. The molecular formula is C24H25N. The maximum atomic E-state index is 2.69. The quantitative estimate of drug-likeness (QED) is 0.706. The number of allylic oxidation sites excluding steroid dienone is 3. The van der Waals surface area contributed by atoms with Gasteiger partial charge < -0.3 is 4.90 Å². The van der Waals surface area contributed by atoms with E-state index in [1.807, 2.05) is 0 Å². The van der Waals surface area contributed by atoms with Crippen LogP contribution in [0.5, 0.6) is 0 Å². The van der Waals surface area contributed by atoms with Crippen LogP contribution in [0.3, 0.4) is 0 Å². The standard InChI is InChI=1S/C24H25N/c1-16-12-13-22-21(14-16)23-17(2)19-10-6-7-11-20(19)24(23)25(22)15-18-8-4-3-5-9-18/h3-14,17,19-20,23-24H,15H2,1-2H3. The van der Waals surface area contributed by atoms with E-state index in [1.54, 1.807) is 5.56 Å². The lowest BCUT2D eigenvalue weighted by Gasteiger charge is -2.32. The first-order valence-corrected chi connectivity index (χ1v) is 9.50. The van der Waals surface area contributed by atoms with Crippen LogP contribution in [0.4, 0.5) is 5.69 Å². The molecule has 25 heavy (non-hydrogen) atoms. The van der Waals surface area contributed by atoms with E-state index in [2.05, 4.69) is 91.6 Å². The molecule has 0 spiro atoms. The first-order chi connectivity index (χ1) is 12.2. The Labute approximate surface area is 150 Å². The number of hydrogen-bond donors (Lipinski definition) is 0. The molecule has 0 aromatic heterocycles. The molecule has 0 saturated heterocycles. The molecule has 126 valence electrons. The molecule has 3 aliphatic rings. The fraction of sp³-hybridized carbons (Fsp3) is 0.333. The Hall–Kier alpha value is -2.28. The molecular weight excluding hydrogens is 302 g/mol. The van der Waals surface area contributed by atoms with E-state index < -0.39 is 0 Å². The van der Waals surface area contributed by atoms with E-state index >= 15 is 0 Å². The molecule has 1 saturated carbocycles. The molecule has 1 heterocycles. The molecule has 5 unspecified atom stereocenters. The third-order valence-electron chi connectivity index (χ3n) is 6.57. The predicted octanol–water partition coefficient (Wildman–Crippen LogP) is 5.48. The summed E-state index contributed by atoms with van der Waals surface area (Å²) in [6, 6.07) is 18.6. The first-order valence-electron chi connectivity index (χ1n) is 9.50. The van der Waals surface area contributed by atoms with Gasteiger partial charge in [-0.3, -0.25) is 0 Å². The molecule has 2 aromatic rings. The minimum Gasteiger partial charge on any atom is -0.363 e. The fourth-order valence-corrected chi connectivity index (χ4v) is 5.50. The van der Waals surface area contributed by atoms with Crippen LogP contribution in [0.1, 0.15) is 29.5 Å². The summed E-state index contributed by atoms with van der Waals surface area (Å²) in [5, 5.41) is 0. The molecule has 5 atom stereocenters. The van der Waals surface area contributed by atoms with Crippen molar-refractivity contribution in [3.8, 4) is 0 Å². The van der Waals surface area contributed by atoms with Crippen LogP contribution in [0.15, 0.2) is 72.8 Å². The molecule has 2 aliphatic carbocycles. The van der Waals surface area contributed by atoms with Crippen molar-refractivity contribution in [2.45, 2.75) is 32.4 Å². The number of nitrogens with zero attached hydrogens (tertiary/aromatic N) is 1. The second-order valence-electron chi connectivity index (χ2n) is 7.98. The van der Waals surface area contributed by atoms with Gasteiger partial charge >= 0.3 is 0 Å². The summed E-state index contributed by atoms with van der Waals surface area (Å²) in [6.07, 6.45) is 9.41. The second kappa shape index (κ2) is 5.62.